The normalized spacial score (nSPS) is 11.0. The number of aromatic nitrogens is 5. The summed E-state index contributed by atoms with van der Waals surface area (Å²) in [6, 6.07) is 6.04. The minimum Gasteiger partial charge on any atom is -0.364 e. The number of hydrogen-bond acceptors (Lipinski definition) is 4. The SMILES string of the molecule is Cc1cc(NCc2ccnn2C)n2ncnc2c1. The molecule has 0 spiro atoms. The summed E-state index contributed by atoms with van der Waals surface area (Å²) in [5, 5.41) is 11.7. The molecule has 0 aliphatic rings. The molecule has 0 bridgehead atoms. The molecule has 6 heteroatoms. The number of hydrogen-bond donors (Lipinski definition) is 1. The number of aryl methyl sites for hydroxylation is 2. The minimum atomic E-state index is 0.703. The zero-order valence-corrected chi connectivity index (χ0v) is 10.3. The van der Waals surface area contributed by atoms with Gasteiger partial charge in [0.05, 0.1) is 12.2 Å². The average Bonchev–Trinajstić information content (AvgIpc) is 2.94. The molecule has 3 heterocycles. The molecule has 3 aromatic heterocycles. The number of nitrogens with one attached hydrogen (secondary N) is 1. The van der Waals surface area contributed by atoms with Gasteiger partial charge in [-0.2, -0.15) is 14.7 Å². The van der Waals surface area contributed by atoms with Crippen molar-refractivity contribution < 1.29 is 0 Å². The van der Waals surface area contributed by atoms with E-state index in [1.165, 1.54) is 0 Å². The molecule has 1 N–H and O–H groups in total. The molecule has 0 unspecified atom stereocenters. The number of pyridine rings is 1. The van der Waals surface area contributed by atoms with Gasteiger partial charge in [0.2, 0.25) is 0 Å². The molecule has 0 aliphatic heterocycles. The predicted octanol–water partition coefficient (Wildman–Crippen LogP) is 1.38. The van der Waals surface area contributed by atoms with Crippen LogP contribution in [-0.2, 0) is 13.6 Å². The molecule has 0 saturated heterocycles. The summed E-state index contributed by atoms with van der Waals surface area (Å²) in [5.74, 6) is 0.934. The van der Waals surface area contributed by atoms with Crippen molar-refractivity contribution in [1.29, 1.82) is 0 Å². The highest BCUT2D eigenvalue weighted by Crippen LogP contribution is 2.14. The standard InChI is InChI=1S/C12H14N6/c1-9-5-11(18-12(6-9)14-8-16-18)13-7-10-3-4-15-17(10)2/h3-6,8,13H,7H2,1-2H3. The van der Waals surface area contributed by atoms with Crippen LogP contribution in [-0.4, -0.2) is 24.4 Å². The summed E-state index contributed by atoms with van der Waals surface area (Å²) in [6.45, 7) is 2.75. The van der Waals surface area contributed by atoms with E-state index in [1.54, 1.807) is 17.0 Å². The van der Waals surface area contributed by atoms with Crippen molar-refractivity contribution in [2.75, 3.05) is 5.32 Å². The van der Waals surface area contributed by atoms with E-state index in [0.717, 1.165) is 22.7 Å². The van der Waals surface area contributed by atoms with E-state index in [9.17, 15) is 0 Å². The van der Waals surface area contributed by atoms with E-state index in [0.29, 0.717) is 6.54 Å². The zero-order valence-electron chi connectivity index (χ0n) is 10.3. The van der Waals surface area contributed by atoms with Crippen molar-refractivity contribution in [2.24, 2.45) is 7.05 Å². The first kappa shape index (κ1) is 10.8. The summed E-state index contributed by atoms with van der Waals surface area (Å²) >= 11 is 0. The Morgan fingerprint density at radius 1 is 1.28 bits per heavy atom. The summed E-state index contributed by atoms with van der Waals surface area (Å²) in [7, 11) is 1.93. The van der Waals surface area contributed by atoms with Crippen LogP contribution >= 0.6 is 0 Å². The molecule has 0 atom stereocenters. The summed E-state index contributed by atoms with van der Waals surface area (Å²) in [4.78, 5) is 4.20. The molecule has 6 nitrogen and oxygen atoms in total. The van der Waals surface area contributed by atoms with Crippen LogP contribution in [0.5, 0.6) is 0 Å². The molecule has 92 valence electrons. The second-order valence-corrected chi connectivity index (χ2v) is 4.25. The molecule has 0 aliphatic carbocycles. The van der Waals surface area contributed by atoms with Gasteiger partial charge in [-0.1, -0.05) is 0 Å². The number of anilines is 1. The lowest BCUT2D eigenvalue weighted by atomic mass is 10.3. The van der Waals surface area contributed by atoms with Crippen LogP contribution in [0.2, 0.25) is 0 Å². The van der Waals surface area contributed by atoms with E-state index in [1.807, 2.05) is 30.8 Å². The van der Waals surface area contributed by atoms with Gasteiger partial charge in [-0.15, -0.1) is 0 Å². The third-order valence-corrected chi connectivity index (χ3v) is 2.90. The highest BCUT2D eigenvalue weighted by molar-refractivity contribution is 5.51. The maximum Gasteiger partial charge on any atom is 0.157 e. The summed E-state index contributed by atoms with van der Waals surface area (Å²) < 4.78 is 3.64. The van der Waals surface area contributed by atoms with Gasteiger partial charge in [-0.3, -0.25) is 4.68 Å². The van der Waals surface area contributed by atoms with Gasteiger partial charge in [-0.05, 0) is 30.7 Å². The van der Waals surface area contributed by atoms with Crippen molar-refractivity contribution in [2.45, 2.75) is 13.5 Å². The van der Waals surface area contributed by atoms with Crippen molar-refractivity contribution in [3.05, 3.63) is 42.0 Å². The van der Waals surface area contributed by atoms with Crippen LogP contribution in [0.4, 0.5) is 5.82 Å². The molecule has 0 radical (unpaired) electrons. The van der Waals surface area contributed by atoms with Gasteiger partial charge >= 0.3 is 0 Å². The molecule has 0 saturated carbocycles. The Hall–Kier alpha value is -2.37. The highest BCUT2D eigenvalue weighted by Gasteiger charge is 2.05. The van der Waals surface area contributed by atoms with Gasteiger partial charge < -0.3 is 5.32 Å². The Morgan fingerprint density at radius 2 is 2.17 bits per heavy atom. The van der Waals surface area contributed by atoms with E-state index in [2.05, 4.69) is 26.6 Å². The Kier molecular flexibility index (Phi) is 2.47. The zero-order chi connectivity index (χ0) is 12.5. The third kappa shape index (κ3) is 1.81. The summed E-state index contributed by atoms with van der Waals surface area (Å²) in [5.41, 5.74) is 3.12. The lowest BCUT2D eigenvalue weighted by molar-refractivity contribution is 0.719. The minimum absolute atomic E-state index is 0.703. The van der Waals surface area contributed by atoms with E-state index in [-0.39, 0.29) is 0 Å². The first-order valence-electron chi connectivity index (χ1n) is 5.75. The highest BCUT2D eigenvalue weighted by atomic mass is 15.3. The van der Waals surface area contributed by atoms with E-state index in [4.69, 9.17) is 0 Å². The Bertz CT molecular complexity index is 681. The van der Waals surface area contributed by atoms with E-state index >= 15 is 0 Å². The maximum absolute atomic E-state index is 4.20. The molecule has 0 aromatic carbocycles. The fourth-order valence-corrected chi connectivity index (χ4v) is 1.94. The predicted molar refractivity (Wildman–Crippen MR) is 68.3 cm³/mol. The molecule has 0 fully saturated rings. The molecule has 18 heavy (non-hydrogen) atoms. The Morgan fingerprint density at radius 3 is 2.94 bits per heavy atom. The molecular formula is C12H14N6. The number of fused-ring (bicyclic) bond motifs is 1. The van der Waals surface area contributed by atoms with E-state index < -0.39 is 0 Å². The van der Waals surface area contributed by atoms with Crippen molar-refractivity contribution in [3.63, 3.8) is 0 Å². The monoisotopic (exact) mass is 242 g/mol. The number of nitrogens with zero attached hydrogens (tertiary/aromatic N) is 5. The van der Waals surface area contributed by atoms with Gasteiger partial charge in [0.1, 0.15) is 12.1 Å². The largest absolute Gasteiger partial charge is 0.364 e. The second-order valence-electron chi connectivity index (χ2n) is 4.25. The van der Waals surface area contributed by atoms with Crippen molar-refractivity contribution in [1.82, 2.24) is 24.4 Å². The third-order valence-electron chi connectivity index (χ3n) is 2.90. The van der Waals surface area contributed by atoms with Gasteiger partial charge in [0.15, 0.2) is 5.65 Å². The van der Waals surface area contributed by atoms with Crippen molar-refractivity contribution in [3.8, 4) is 0 Å². The first-order chi connectivity index (χ1) is 8.74. The molecule has 0 amide bonds. The second kappa shape index (κ2) is 4.14. The maximum atomic E-state index is 4.20. The summed E-state index contributed by atoms with van der Waals surface area (Å²) in [6.07, 6.45) is 3.35. The Balaban J connectivity index is 1.90. The topological polar surface area (TPSA) is 60.0 Å². The van der Waals surface area contributed by atoms with Gasteiger partial charge in [0.25, 0.3) is 0 Å². The van der Waals surface area contributed by atoms with Crippen LogP contribution < -0.4 is 5.32 Å². The van der Waals surface area contributed by atoms with Crippen LogP contribution in [0, 0.1) is 6.92 Å². The molecule has 3 aromatic rings. The van der Waals surface area contributed by atoms with Crippen LogP contribution in [0.1, 0.15) is 11.3 Å². The smallest absolute Gasteiger partial charge is 0.157 e. The fraction of sp³-hybridized carbons (Fsp3) is 0.250. The molecular weight excluding hydrogens is 228 g/mol. The lowest BCUT2D eigenvalue weighted by Gasteiger charge is -2.09. The van der Waals surface area contributed by atoms with Gasteiger partial charge in [-0.25, -0.2) is 4.98 Å². The fourth-order valence-electron chi connectivity index (χ4n) is 1.94. The average molecular weight is 242 g/mol. The first-order valence-corrected chi connectivity index (χ1v) is 5.75. The quantitative estimate of drug-likeness (QED) is 0.754. The molecule has 3 rings (SSSR count). The lowest BCUT2D eigenvalue weighted by Crippen LogP contribution is -2.08. The van der Waals surface area contributed by atoms with Crippen LogP contribution in [0.15, 0.2) is 30.7 Å². The number of rotatable bonds is 3. The Labute approximate surface area is 104 Å². The van der Waals surface area contributed by atoms with Crippen molar-refractivity contribution >= 4 is 11.5 Å². The van der Waals surface area contributed by atoms with Crippen LogP contribution in [0.25, 0.3) is 5.65 Å². The van der Waals surface area contributed by atoms with Gasteiger partial charge in [0, 0.05) is 13.2 Å². The van der Waals surface area contributed by atoms with Crippen LogP contribution in [0.3, 0.4) is 0 Å².